The molecule has 3 nitrogen and oxygen atoms in total. The summed E-state index contributed by atoms with van der Waals surface area (Å²) in [6.07, 6.45) is 14.8. The zero-order valence-corrected chi connectivity index (χ0v) is 34.7. The molecule has 0 amide bonds. The van der Waals surface area contributed by atoms with Crippen LogP contribution in [0.3, 0.4) is 0 Å². The van der Waals surface area contributed by atoms with E-state index in [2.05, 4.69) is 77.9 Å². The third-order valence-corrected chi connectivity index (χ3v) is 15.9. The van der Waals surface area contributed by atoms with Crippen LogP contribution in [0.25, 0.3) is 11.1 Å². The molecule has 0 radical (unpaired) electrons. The Morgan fingerprint density at radius 2 is 1.22 bits per heavy atom. The molecule has 2 fully saturated rings. The molecule has 49 heavy (non-hydrogen) atoms. The first-order chi connectivity index (χ1) is 23.7. The maximum atomic E-state index is 6.29. The fourth-order valence-electron chi connectivity index (χ4n) is 7.91. The van der Waals surface area contributed by atoms with Gasteiger partial charge in [-0.15, -0.1) is 0 Å². The summed E-state index contributed by atoms with van der Waals surface area (Å²) in [6.45, 7) is 14.8. The van der Waals surface area contributed by atoms with E-state index in [9.17, 15) is 0 Å². The van der Waals surface area contributed by atoms with E-state index in [1.165, 1.54) is 107 Å². The van der Waals surface area contributed by atoms with Crippen LogP contribution in [0.2, 0.25) is 0 Å². The molecule has 2 saturated carbocycles. The Hall–Kier alpha value is -1.40. The first-order valence-corrected chi connectivity index (χ1v) is 23.1. The Morgan fingerprint density at radius 3 is 1.67 bits per heavy atom. The predicted octanol–water partition coefficient (Wildman–Crippen LogP) is 11.6. The average Bonchev–Trinajstić information content (AvgIpc) is 3.12. The van der Waals surface area contributed by atoms with Gasteiger partial charge in [0.1, 0.15) is 11.5 Å². The number of rotatable bonds is 12. The second-order valence-corrected chi connectivity index (χ2v) is 19.4. The van der Waals surface area contributed by atoms with E-state index < -0.39 is 0 Å². The fraction of sp³-hybridized carbons (Fsp3) is 0.581. The van der Waals surface area contributed by atoms with Gasteiger partial charge in [0.05, 0.1) is 14.2 Å². The number of benzene rings is 3. The molecule has 6 heteroatoms. The Bertz CT molecular complexity index is 1420. The van der Waals surface area contributed by atoms with Crippen LogP contribution in [0.4, 0.5) is 0 Å². The molecule has 0 heterocycles. The molecule has 2 aliphatic rings. The van der Waals surface area contributed by atoms with Gasteiger partial charge in [0, 0.05) is 10.9 Å². The average molecular weight is 799 g/mol. The Kier molecular flexibility index (Phi) is 16.5. The van der Waals surface area contributed by atoms with Gasteiger partial charge in [0.25, 0.3) is 0 Å². The molecule has 5 rings (SSSR count). The van der Waals surface area contributed by atoms with Crippen LogP contribution >= 0.6 is 17.5 Å². The third-order valence-electron chi connectivity index (χ3n) is 10.5. The van der Waals surface area contributed by atoms with Crippen LogP contribution in [-0.4, -0.2) is 32.1 Å². The molecule has 0 bridgehead atoms. The van der Waals surface area contributed by atoms with Crippen molar-refractivity contribution in [1.29, 1.82) is 0 Å². The molecule has 0 saturated heterocycles. The van der Waals surface area contributed by atoms with Crippen LogP contribution in [0.15, 0.2) is 48.5 Å². The van der Waals surface area contributed by atoms with Gasteiger partial charge in [-0.1, -0.05) is 100 Å². The van der Waals surface area contributed by atoms with Crippen molar-refractivity contribution in [1.82, 2.24) is 0 Å². The monoisotopic (exact) mass is 797 g/mol. The van der Waals surface area contributed by atoms with Crippen molar-refractivity contribution in [3.05, 3.63) is 70.8 Å². The fourth-order valence-corrected chi connectivity index (χ4v) is 13.4. The van der Waals surface area contributed by atoms with Gasteiger partial charge in [-0.3, -0.25) is 0 Å². The van der Waals surface area contributed by atoms with E-state index in [0.717, 1.165) is 29.2 Å². The first kappa shape index (κ1) is 40.4. The summed E-state index contributed by atoms with van der Waals surface area (Å²) in [6, 6.07) is 17.6. The number of ether oxygens (including phenoxy) is 2. The van der Waals surface area contributed by atoms with E-state index in [1.807, 2.05) is 26.4 Å². The van der Waals surface area contributed by atoms with E-state index in [-0.39, 0.29) is 24.9 Å². The number of hydrogen-bond donors (Lipinski definition) is 1. The van der Waals surface area contributed by atoms with Gasteiger partial charge in [0.2, 0.25) is 0 Å². The minimum atomic E-state index is -0.373. The van der Waals surface area contributed by atoms with Gasteiger partial charge < -0.3 is 9.47 Å². The normalized spacial score (nSPS) is 16.0. The third kappa shape index (κ3) is 10.1. The second kappa shape index (κ2) is 20.0. The molecule has 3 aromatic rings. The Balaban J connectivity index is 0.000000418. The molecule has 0 aromatic heterocycles. The van der Waals surface area contributed by atoms with Gasteiger partial charge in [0.15, 0.2) is 0 Å². The molecule has 0 aliphatic heterocycles. The number of hydrogen-bond acceptors (Lipinski definition) is 3. The summed E-state index contributed by atoms with van der Waals surface area (Å²) < 4.78 is 13.8. The molecule has 2 aliphatic carbocycles. The van der Waals surface area contributed by atoms with Gasteiger partial charge in [-0.25, -0.2) is 0 Å². The van der Waals surface area contributed by atoms with Crippen molar-refractivity contribution in [2.45, 2.75) is 141 Å². The summed E-state index contributed by atoms with van der Waals surface area (Å²) in [5.74, 6) is 3.50. The quantitative estimate of drug-likeness (QED) is 0.147. The standard InChI is InChI=1S/C35H53O2P.C8H10N.ClH.Pd/c1-23(2)26-21-29(24(3)4)33(30(22-26)25(5)6)34-31(36-7)19-20-32(37-8)35(34)38(27-15-11-9-12-16-27)28-17-13-10-14-18-28;9-7-6-8-4-2-1-3-5-8;;/h19-25,27-28H,9-18H2,1-8H3;1-4H,6-7,9H2;1H;/q;;;+1/p-1. The van der Waals surface area contributed by atoms with Crippen molar-refractivity contribution in [2.24, 2.45) is 5.73 Å². The summed E-state index contributed by atoms with van der Waals surface area (Å²) in [4.78, 5) is 0. The van der Waals surface area contributed by atoms with E-state index in [4.69, 9.17) is 24.7 Å². The van der Waals surface area contributed by atoms with E-state index in [0.29, 0.717) is 24.3 Å². The topological polar surface area (TPSA) is 44.5 Å². The first-order valence-electron chi connectivity index (χ1n) is 18.9. The number of nitrogens with two attached hydrogens (primary N) is 1. The molecule has 0 atom stereocenters. The van der Waals surface area contributed by atoms with Crippen LogP contribution < -0.4 is 24.5 Å². The molecule has 3 aromatic carbocycles. The van der Waals surface area contributed by atoms with Gasteiger partial charge in [-0.2, -0.15) is 0 Å². The molecule has 0 spiro atoms. The van der Waals surface area contributed by atoms with Crippen molar-refractivity contribution in [2.75, 3.05) is 20.8 Å². The van der Waals surface area contributed by atoms with Gasteiger partial charge in [-0.05, 0) is 89.1 Å². The van der Waals surface area contributed by atoms with E-state index in [1.54, 1.807) is 0 Å². The van der Waals surface area contributed by atoms with Crippen LogP contribution in [0.1, 0.15) is 146 Å². The van der Waals surface area contributed by atoms with Crippen molar-refractivity contribution < 1.29 is 26.4 Å². The Morgan fingerprint density at radius 1 is 0.714 bits per heavy atom. The van der Waals surface area contributed by atoms with Crippen molar-refractivity contribution >= 4 is 26.8 Å². The molecular formula is C43H63ClNO2PPd. The molecule has 2 N–H and O–H groups in total. The summed E-state index contributed by atoms with van der Waals surface area (Å²) in [7, 11) is 9.16. The maximum absolute atomic E-state index is 6.29. The van der Waals surface area contributed by atoms with E-state index >= 15 is 0 Å². The zero-order valence-electron chi connectivity index (χ0n) is 31.5. The molecular weight excluding hydrogens is 735 g/mol. The van der Waals surface area contributed by atoms with Crippen molar-refractivity contribution in [3.8, 4) is 22.6 Å². The zero-order chi connectivity index (χ0) is 35.5. The van der Waals surface area contributed by atoms with Crippen molar-refractivity contribution in [3.63, 3.8) is 0 Å². The van der Waals surface area contributed by atoms with Gasteiger partial charge >= 0.3 is 79.1 Å². The molecule has 274 valence electrons. The van der Waals surface area contributed by atoms with Crippen LogP contribution in [-0.2, 0) is 23.4 Å². The molecule has 0 unspecified atom stereocenters. The predicted molar refractivity (Wildman–Crippen MR) is 212 cm³/mol. The van der Waals surface area contributed by atoms with Crippen LogP contribution in [0.5, 0.6) is 11.5 Å². The summed E-state index contributed by atoms with van der Waals surface area (Å²) >= 11 is 0.176. The minimum absolute atomic E-state index is 0.176. The summed E-state index contributed by atoms with van der Waals surface area (Å²) in [5.41, 5.74) is 15.5. The number of methoxy groups -OCH3 is 2. The second-order valence-electron chi connectivity index (χ2n) is 14.9. The SMILES string of the molecule is COc1ccc(OC)c(P(C2CCCCC2)C2CCCCC2)c1-c1c(C(C)C)cc(C(C)C)cc1C(C)C.NCCc1cccc[c]1[Pd][Cl]. The number of halogens is 1. The summed E-state index contributed by atoms with van der Waals surface area (Å²) in [5, 5.41) is 1.52. The Labute approximate surface area is 312 Å². The van der Waals surface area contributed by atoms with Crippen LogP contribution in [0, 0.1) is 0 Å².